The van der Waals surface area contributed by atoms with Crippen molar-refractivity contribution < 1.29 is 10.2 Å². The molecular weight excluding hydrogens is 166 g/mol. The fraction of sp³-hybridized carbons (Fsp3) is 0.400. The van der Waals surface area contributed by atoms with Gasteiger partial charge in [-0.3, -0.25) is 0 Å². The van der Waals surface area contributed by atoms with Gasteiger partial charge in [0.05, 0.1) is 5.69 Å². The van der Waals surface area contributed by atoms with E-state index in [1.807, 2.05) is 12.1 Å². The molecule has 0 aliphatic carbocycles. The van der Waals surface area contributed by atoms with Gasteiger partial charge in [-0.05, 0) is 25.0 Å². The molecular formula is C10H15NO2. The highest BCUT2D eigenvalue weighted by Crippen LogP contribution is 2.21. The van der Waals surface area contributed by atoms with Crippen LogP contribution in [0.25, 0.3) is 0 Å². The molecule has 13 heavy (non-hydrogen) atoms. The second-order valence-electron chi connectivity index (χ2n) is 2.87. The lowest BCUT2D eigenvalue weighted by molar-refractivity contribution is 0.286. The van der Waals surface area contributed by atoms with Crippen LogP contribution in [0.15, 0.2) is 24.3 Å². The van der Waals surface area contributed by atoms with Crippen molar-refractivity contribution in [3.05, 3.63) is 24.3 Å². The Labute approximate surface area is 78.0 Å². The molecule has 0 saturated carbocycles. The topological polar surface area (TPSA) is 52.5 Å². The van der Waals surface area contributed by atoms with Crippen molar-refractivity contribution in [2.24, 2.45) is 0 Å². The Hall–Kier alpha value is -1.22. The number of benzene rings is 1. The predicted octanol–water partition coefficient (Wildman–Crippen LogP) is 1.58. The van der Waals surface area contributed by atoms with Gasteiger partial charge in [0.15, 0.2) is 0 Å². The normalized spacial score (nSPS) is 9.92. The van der Waals surface area contributed by atoms with Gasteiger partial charge >= 0.3 is 0 Å². The van der Waals surface area contributed by atoms with Crippen molar-refractivity contribution in [3.8, 4) is 5.75 Å². The highest BCUT2D eigenvalue weighted by Gasteiger charge is 1.96. The number of aliphatic hydroxyl groups excluding tert-OH is 1. The van der Waals surface area contributed by atoms with Crippen LogP contribution in [0.3, 0.4) is 0 Å². The molecule has 0 bridgehead atoms. The van der Waals surface area contributed by atoms with Gasteiger partial charge in [0.2, 0.25) is 0 Å². The molecule has 0 atom stereocenters. The van der Waals surface area contributed by atoms with Gasteiger partial charge < -0.3 is 15.5 Å². The number of phenolic OH excluding ortho intramolecular Hbond substituents is 1. The Morgan fingerprint density at radius 3 is 2.62 bits per heavy atom. The van der Waals surface area contributed by atoms with Crippen LogP contribution in [0, 0.1) is 0 Å². The summed E-state index contributed by atoms with van der Waals surface area (Å²) in [5.41, 5.74) is 0.750. The van der Waals surface area contributed by atoms with Gasteiger partial charge in [-0.1, -0.05) is 12.1 Å². The minimum atomic E-state index is 0.225. The van der Waals surface area contributed by atoms with E-state index in [2.05, 4.69) is 5.32 Å². The summed E-state index contributed by atoms with van der Waals surface area (Å²) < 4.78 is 0. The van der Waals surface area contributed by atoms with E-state index in [9.17, 15) is 5.11 Å². The van der Waals surface area contributed by atoms with Crippen LogP contribution in [-0.4, -0.2) is 23.4 Å². The molecule has 0 spiro atoms. The Balaban J connectivity index is 2.32. The Bertz CT molecular complexity index is 250. The van der Waals surface area contributed by atoms with E-state index in [4.69, 9.17) is 5.11 Å². The number of para-hydroxylation sites is 2. The Morgan fingerprint density at radius 1 is 1.15 bits per heavy atom. The molecule has 3 heteroatoms. The quantitative estimate of drug-likeness (QED) is 0.477. The minimum Gasteiger partial charge on any atom is -0.506 e. The first-order valence-corrected chi connectivity index (χ1v) is 4.47. The third-order valence-electron chi connectivity index (χ3n) is 1.80. The number of phenols is 1. The average Bonchev–Trinajstić information content (AvgIpc) is 2.15. The van der Waals surface area contributed by atoms with Crippen LogP contribution in [0.2, 0.25) is 0 Å². The van der Waals surface area contributed by atoms with Gasteiger partial charge in [0, 0.05) is 13.2 Å². The van der Waals surface area contributed by atoms with Gasteiger partial charge in [0.1, 0.15) is 5.75 Å². The fourth-order valence-corrected chi connectivity index (χ4v) is 1.08. The molecule has 0 fully saturated rings. The van der Waals surface area contributed by atoms with Crippen LogP contribution in [0.1, 0.15) is 12.8 Å². The summed E-state index contributed by atoms with van der Waals surface area (Å²) in [4.78, 5) is 0. The molecule has 0 amide bonds. The van der Waals surface area contributed by atoms with Crippen molar-refractivity contribution in [1.29, 1.82) is 0 Å². The first-order valence-electron chi connectivity index (χ1n) is 4.47. The number of aromatic hydroxyl groups is 1. The second kappa shape index (κ2) is 5.43. The lowest BCUT2D eigenvalue weighted by atomic mass is 10.2. The van der Waals surface area contributed by atoms with E-state index in [0.717, 1.165) is 25.1 Å². The molecule has 0 saturated heterocycles. The van der Waals surface area contributed by atoms with Crippen LogP contribution in [0.4, 0.5) is 5.69 Å². The molecule has 1 aromatic rings. The summed E-state index contributed by atoms with van der Waals surface area (Å²) in [5.74, 6) is 0.270. The molecule has 3 nitrogen and oxygen atoms in total. The predicted molar refractivity (Wildman–Crippen MR) is 52.9 cm³/mol. The zero-order valence-electron chi connectivity index (χ0n) is 7.53. The molecule has 3 N–H and O–H groups in total. The first-order chi connectivity index (χ1) is 6.34. The summed E-state index contributed by atoms with van der Waals surface area (Å²) in [5, 5.41) is 21.0. The van der Waals surface area contributed by atoms with E-state index in [0.29, 0.717) is 0 Å². The van der Waals surface area contributed by atoms with Crippen molar-refractivity contribution in [1.82, 2.24) is 0 Å². The Kier molecular flexibility index (Phi) is 4.12. The summed E-state index contributed by atoms with van der Waals surface area (Å²) in [6.45, 7) is 1.00. The number of rotatable bonds is 5. The summed E-state index contributed by atoms with van der Waals surface area (Å²) >= 11 is 0. The van der Waals surface area contributed by atoms with E-state index in [-0.39, 0.29) is 12.4 Å². The van der Waals surface area contributed by atoms with Crippen molar-refractivity contribution >= 4 is 5.69 Å². The van der Waals surface area contributed by atoms with Gasteiger partial charge in [-0.2, -0.15) is 0 Å². The minimum absolute atomic E-state index is 0.225. The molecule has 0 aromatic heterocycles. The van der Waals surface area contributed by atoms with E-state index in [1.165, 1.54) is 0 Å². The first kappa shape index (κ1) is 9.86. The van der Waals surface area contributed by atoms with E-state index in [1.54, 1.807) is 12.1 Å². The van der Waals surface area contributed by atoms with Crippen molar-refractivity contribution in [2.45, 2.75) is 12.8 Å². The molecule has 0 heterocycles. The number of aliphatic hydroxyl groups is 1. The average molecular weight is 181 g/mol. The lowest BCUT2D eigenvalue weighted by Crippen LogP contribution is -2.02. The maximum absolute atomic E-state index is 9.36. The number of nitrogens with one attached hydrogen (secondary N) is 1. The molecule has 0 aliphatic rings. The number of unbranched alkanes of at least 4 members (excludes halogenated alkanes) is 1. The number of hydrogen-bond acceptors (Lipinski definition) is 3. The third-order valence-corrected chi connectivity index (χ3v) is 1.80. The maximum Gasteiger partial charge on any atom is 0.138 e. The molecule has 1 aromatic carbocycles. The van der Waals surface area contributed by atoms with Crippen LogP contribution in [0.5, 0.6) is 5.75 Å². The van der Waals surface area contributed by atoms with Crippen molar-refractivity contribution in [2.75, 3.05) is 18.5 Å². The highest BCUT2D eigenvalue weighted by atomic mass is 16.3. The highest BCUT2D eigenvalue weighted by molar-refractivity contribution is 5.54. The molecule has 0 unspecified atom stereocenters. The maximum atomic E-state index is 9.36. The lowest BCUT2D eigenvalue weighted by Gasteiger charge is -2.06. The standard InChI is InChI=1S/C10H15NO2/c12-8-4-3-7-11-9-5-1-2-6-10(9)13/h1-2,5-6,11-13H,3-4,7-8H2. The van der Waals surface area contributed by atoms with Crippen molar-refractivity contribution in [3.63, 3.8) is 0 Å². The summed E-state index contributed by atoms with van der Waals surface area (Å²) in [6, 6.07) is 7.13. The van der Waals surface area contributed by atoms with Gasteiger partial charge in [-0.25, -0.2) is 0 Å². The van der Waals surface area contributed by atoms with Crippen LogP contribution < -0.4 is 5.32 Å². The fourth-order valence-electron chi connectivity index (χ4n) is 1.08. The van der Waals surface area contributed by atoms with Gasteiger partial charge in [0.25, 0.3) is 0 Å². The third kappa shape index (κ3) is 3.34. The number of hydrogen-bond donors (Lipinski definition) is 3. The smallest absolute Gasteiger partial charge is 0.138 e. The molecule has 0 aliphatic heterocycles. The monoisotopic (exact) mass is 181 g/mol. The zero-order valence-corrected chi connectivity index (χ0v) is 7.53. The van der Waals surface area contributed by atoms with E-state index < -0.39 is 0 Å². The molecule has 1 rings (SSSR count). The summed E-state index contributed by atoms with van der Waals surface area (Å²) in [6.07, 6.45) is 1.70. The second-order valence-corrected chi connectivity index (χ2v) is 2.87. The van der Waals surface area contributed by atoms with E-state index >= 15 is 0 Å². The van der Waals surface area contributed by atoms with Crippen LogP contribution >= 0.6 is 0 Å². The Morgan fingerprint density at radius 2 is 1.92 bits per heavy atom. The largest absolute Gasteiger partial charge is 0.506 e. The van der Waals surface area contributed by atoms with Crippen LogP contribution in [-0.2, 0) is 0 Å². The SMILES string of the molecule is OCCCCNc1ccccc1O. The number of anilines is 1. The molecule has 72 valence electrons. The summed E-state index contributed by atoms with van der Waals surface area (Å²) in [7, 11) is 0. The van der Waals surface area contributed by atoms with Gasteiger partial charge in [-0.15, -0.1) is 0 Å². The zero-order chi connectivity index (χ0) is 9.52. The molecule has 0 radical (unpaired) electrons.